The molecule has 3 aromatic rings. The second-order valence-corrected chi connectivity index (χ2v) is 10.3. The van der Waals surface area contributed by atoms with Gasteiger partial charge in [-0.2, -0.15) is 0 Å². The molecule has 0 spiro atoms. The lowest BCUT2D eigenvalue weighted by molar-refractivity contribution is 0.663. The quantitative estimate of drug-likeness (QED) is 0.147. The van der Waals surface area contributed by atoms with E-state index in [0.29, 0.717) is 0 Å². The van der Waals surface area contributed by atoms with Gasteiger partial charge in [0.25, 0.3) is 0 Å². The maximum absolute atomic E-state index is 3.88. The van der Waals surface area contributed by atoms with Crippen LogP contribution in [0, 0.1) is 6.92 Å². The Hall–Kier alpha value is -3.12. The van der Waals surface area contributed by atoms with E-state index in [0.717, 1.165) is 18.4 Å². The highest BCUT2D eigenvalue weighted by molar-refractivity contribution is 5.76. The highest BCUT2D eigenvalue weighted by atomic mass is 14.1. The zero-order valence-corrected chi connectivity index (χ0v) is 23.4. The van der Waals surface area contributed by atoms with Crippen LogP contribution < -0.4 is 0 Å². The van der Waals surface area contributed by atoms with Gasteiger partial charge < -0.3 is 0 Å². The second kappa shape index (κ2) is 15.9. The highest BCUT2D eigenvalue weighted by Gasteiger charge is 2.08. The lowest BCUT2D eigenvalue weighted by Gasteiger charge is -2.14. The predicted molar refractivity (Wildman–Crippen MR) is 168 cm³/mol. The molecule has 0 saturated carbocycles. The van der Waals surface area contributed by atoms with E-state index in [2.05, 4.69) is 112 Å². The van der Waals surface area contributed by atoms with Crippen molar-refractivity contribution in [3.63, 3.8) is 0 Å². The molecule has 0 atom stereocenters. The van der Waals surface area contributed by atoms with Crippen molar-refractivity contribution in [2.45, 2.75) is 85.0 Å². The third-order valence-corrected chi connectivity index (χ3v) is 7.16. The lowest BCUT2D eigenvalue weighted by Crippen LogP contribution is -1.98. The maximum atomic E-state index is 3.88. The first kappa shape index (κ1) is 28.5. The van der Waals surface area contributed by atoms with Crippen molar-refractivity contribution >= 4 is 30.4 Å². The van der Waals surface area contributed by atoms with Crippen molar-refractivity contribution in [3.05, 3.63) is 112 Å². The van der Waals surface area contributed by atoms with Gasteiger partial charge in [0.15, 0.2) is 0 Å². The Morgan fingerprint density at radius 1 is 0.541 bits per heavy atom. The van der Waals surface area contributed by atoms with E-state index in [1.165, 1.54) is 90.3 Å². The molecule has 0 bridgehead atoms. The Bertz CT molecular complexity index is 1140. The first-order valence-corrected chi connectivity index (χ1v) is 14.4. The van der Waals surface area contributed by atoms with Crippen LogP contribution in [0.4, 0.5) is 0 Å². The minimum Gasteiger partial charge on any atom is -0.0985 e. The SMILES string of the molecule is C=Cc1ccc(/C=C/c2cc(CCCCCC)c(/C=C/c3ccc(C)cc3)cc2CCCCCC)cc1. The molecule has 0 amide bonds. The Balaban J connectivity index is 1.95. The molecule has 0 heterocycles. The van der Waals surface area contributed by atoms with E-state index in [-0.39, 0.29) is 0 Å². The number of hydrogen-bond donors (Lipinski definition) is 0. The molecular formula is C37H46. The van der Waals surface area contributed by atoms with Crippen molar-refractivity contribution in [2.75, 3.05) is 0 Å². The molecule has 3 aromatic carbocycles. The summed E-state index contributed by atoms with van der Waals surface area (Å²) in [6.45, 7) is 10.6. The Kier molecular flexibility index (Phi) is 12.2. The molecule has 0 radical (unpaired) electrons. The molecule has 0 unspecified atom stereocenters. The van der Waals surface area contributed by atoms with Crippen molar-refractivity contribution < 1.29 is 0 Å². The molecule has 0 fully saturated rings. The first-order valence-electron chi connectivity index (χ1n) is 14.4. The van der Waals surface area contributed by atoms with Crippen molar-refractivity contribution in [2.24, 2.45) is 0 Å². The third kappa shape index (κ3) is 9.69. The van der Waals surface area contributed by atoms with Crippen LogP contribution in [0.3, 0.4) is 0 Å². The van der Waals surface area contributed by atoms with Gasteiger partial charge in [-0.15, -0.1) is 0 Å². The maximum Gasteiger partial charge on any atom is -0.0221 e. The summed E-state index contributed by atoms with van der Waals surface area (Å²) in [6, 6.07) is 22.4. The second-order valence-electron chi connectivity index (χ2n) is 10.3. The largest absolute Gasteiger partial charge is 0.0985 e. The summed E-state index contributed by atoms with van der Waals surface area (Å²) < 4.78 is 0. The van der Waals surface area contributed by atoms with Gasteiger partial charge in [-0.1, -0.05) is 156 Å². The van der Waals surface area contributed by atoms with E-state index >= 15 is 0 Å². The fourth-order valence-electron chi connectivity index (χ4n) is 4.75. The fourth-order valence-corrected chi connectivity index (χ4v) is 4.75. The van der Waals surface area contributed by atoms with E-state index in [4.69, 9.17) is 0 Å². The van der Waals surface area contributed by atoms with Crippen LogP contribution in [0.15, 0.2) is 67.2 Å². The average Bonchev–Trinajstić information content (AvgIpc) is 2.93. The lowest BCUT2D eigenvalue weighted by atomic mass is 9.91. The number of benzene rings is 3. The fraction of sp³-hybridized carbons (Fsp3) is 0.351. The van der Waals surface area contributed by atoms with Gasteiger partial charge in [-0.25, -0.2) is 0 Å². The monoisotopic (exact) mass is 490 g/mol. The minimum absolute atomic E-state index is 1.14. The van der Waals surface area contributed by atoms with Gasteiger partial charge in [0.2, 0.25) is 0 Å². The molecular weight excluding hydrogens is 444 g/mol. The normalized spacial score (nSPS) is 11.5. The average molecular weight is 491 g/mol. The van der Waals surface area contributed by atoms with Crippen LogP contribution in [0.1, 0.15) is 110 Å². The van der Waals surface area contributed by atoms with Gasteiger partial charge in [0, 0.05) is 0 Å². The molecule has 0 heteroatoms. The van der Waals surface area contributed by atoms with Crippen LogP contribution in [-0.4, -0.2) is 0 Å². The van der Waals surface area contributed by atoms with E-state index in [1.54, 1.807) is 0 Å². The highest BCUT2D eigenvalue weighted by Crippen LogP contribution is 2.26. The van der Waals surface area contributed by atoms with Crippen LogP contribution in [-0.2, 0) is 12.8 Å². The summed E-state index contributed by atoms with van der Waals surface area (Å²) in [5.74, 6) is 0. The molecule has 0 aromatic heterocycles. The van der Waals surface area contributed by atoms with Crippen molar-refractivity contribution in [1.29, 1.82) is 0 Å². The molecule has 0 aliphatic carbocycles. The van der Waals surface area contributed by atoms with Gasteiger partial charge >= 0.3 is 0 Å². The zero-order chi connectivity index (χ0) is 26.3. The van der Waals surface area contributed by atoms with Gasteiger partial charge in [-0.05, 0) is 71.6 Å². The third-order valence-electron chi connectivity index (χ3n) is 7.16. The topological polar surface area (TPSA) is 0 Å². The standard InChI is InChI=1S/C37H46/c1-5-8-10-12-14-34-29-37(27-25-33-22-20-31(7-3)21-23-33)35(15-13-11-9-6-2)28-36(34)26-24-32-18-16-30(4)17-19-32/h7,16-29H,3,5-6,8-15H2,1-2,4H3/b26-24+,27-25+. The van der Waals surface area contributed by atoms with Gasteiger partial charge in [-0.3, -0.25) is 0 Å². The molecule has 37 heavy (non-hydrogen) atoms. The van der Waals surface area contributed by atoms with Crippen LogP contribution in [0.2, 0.25) is 0 Å². The van der Waals surface area contributed by atoms with Crippen molar-refractivity contribution in [1.82, 2.24) is 0 Å². The van der Waals surface area contributed by atoms with Crippen LogP contribution >= 0.6 is 0 Å². The number of rotatable bonds is 15. The molecule has 194 valence electrons. The van der Waals surface area contributed by atoms with Crippen molar-refractivity contribution in [3.8, 4) is 0 Å². The summed E-state index contributed by atoms with van der Waals surface area (Å²) >= 11 is 0. The molecule has 3 rings (SSSR count). The smallest absolute Gasteiger partial charge is 0.0221 e. The Labute approximate surface area is 226 Å². The summed E-state index contributed by atoms with van der Waals surface area (Å²) in [6.07, 6.45) is 23.7. The number of unbranched alkanes of at least 4 members (excludes halogenated alkanes) is 6. The van der Waals surface area contributed by atoms with Crippen LogP contribution in [0.5, 0.6) is 0 Å². The molecule has 0 nitrogen and oxygen atoms in total. The van der Waals surface area contributed by atoms with Crippen LogP contribution in [0.25, 0.3) is 30.4 Å². The summed E-state index contributed by atoms with van der Waals surface area (Å²) in [5, 5.41) is 0. The molecule has 0 saturated heterocycles. The Morgan fingerprint density at radius 3 is 1.41 bits per heavy atom. The molecule has 0 aliphatic rings. The van der Waals surface area contributed by atoms with E-state index in [1.807, 2.05) is 6.08 Å². The molecule has 0 N–H and O–H groups in total. The minimum atomic E-state index is 1.14. The van der Waals surface area contributed by atoms with Gasteiger partial charge in [0.05, 0.1) is 0 Å². The number of aryl methyl sites for hydroxylation is 3. The van der Waals surface area contributed by atoms with E-state index < -0.39 is 0 Å². The van der Waals surface area contributed by atoms with Gasteiger partial charge in [0.1, 0.15) is 0 Å². The zero-order valence-electron chi connectivity index (χ0n) is 23.4. The summed E-state index contributed by atoms with van der Waals surface area (Å²) in [4.78, 5) is 0. The van der Waals surface area contributed by atoms with E-state index in [9.17, 15) is 0 Å². The number of hydrogen-bond acceptors (Lipinski definition) is 0. The summed E-state index contributed by atoms with van der Waals surface area (Å²) in [7, 11) is 0. The first-order chi connectivity index (χ1) is 18.1. The predicted octanol–water partition coefficient (Wildman–Crippen LogP) is 11.2. The summed E-state index contributed by atoms with van der Waals surface area (Å²) in [5.41, 5.74) is 10.7. The molecule has 0 aliphatic heterocycles. The Morgan fingerprint density at radius 2 is 0.973 bits per heavy atom.